The predicted octanol–water partition coefficient (Wildman–Crippen LogP) is 0.000500. The number of rotatable bonds is 3. The maximum atomic E-state index is 11.6. The highest BCUT2D eigenvalue weighted by Gasteiger charge is 2.17. The standard InChI is InChI=1S/C7H7N5O2S/c13-15(14,7-9-5-10-11-7)12-6-3-1-2-4-8-6/h1-5H,(H,8,12)(H,9,10,11). The molecule has 0 aromatic carbocycles. The molecule has 2 heterocycles. The van der Waals surface area contributed by atoms with E-state index in [1.165, 1.54) is 12.3 Å². The van der Waals surface area contributed by atoms with Gasteiger partial charge < -0.3 is 0 Å². The number of hydrogen-bond acceptors (Lipinski definition) is 5. The van der Waals surface area contributed by atoms with Crippen LogP contribution in [0.15, 0.2) is 35.9 Å². The summed E-state index contributed by atoms with van der Waals surface area (Å²) in [5.41, 5.74) is 0. The molecule has 0 atom stereocenters. The molecule has 78 valence electrons. The number of nitrogens with zero attached hydrogens (tertiary/aromatic N) is 3. The first-order valence-corrected chi connectivity index (χ1v) is 5.46. The van der Waals surface area contributed by atoms with Crippen molar-refractivity contribution in [2.45, 2.75) is 5.16 Å². The minimum Gasteiger partial charge on any atom is -0.261 e. The molecule has 0 saturated carbocycles. The number of H-pyrrole nitrogens is 1. The Morgan fingerprint density at radius 2 is 2.13 bits per heavy atom. The second-order valence-corrected chi connectivity index (χ2v) is 4.21. The topological polar surface area (TPSA) is 101 Å². The molecule has 0 amide bonds. The van der Waals surface area contributed by atoms with Crippen LogP contribution in [0.25, 0.3) is 0 Å². The number of hydrogen-bond donors (Lipinski definition) is 2. The van der Waals surface area contributed by atoms with Crippen molar-refractivity contribution in [3.05, 3.63) is 30.7 Å². The van der Waals surface area contributed by atoms with E-state index < -0.39 is 10.0 Å². The van der Waals surface area contributed by atoms with E-state index in [4.69, 9.17) is 0 Å². The fourth-order valence-electron chi connectivity index (χ4n) is 0.933. The van der Waals surface area contributed by atoms with Crippen molar-refractivity contribution in [3.8, 4) is 0 Å². The summed E-state index contributed by atoms with van der Waals surface area (Å²) in [6.07, 6.45) is 2.60. The van der Waals surface area contributed by atoms with Gasteiger partial charge in [-0.25, -0.2) is 15.1 Å². The van der Waals surface area contributed by atoms with E-state index in [1.807, 2.05) is 0 Å². The molecule has 7 nitrogen and oxygen atoms in total. The quantitative estimate of drug-likeness (QED) is 0.765. The van der Waals surface area contributed by atoms with Gasteiger partial charge in [-0.15, -0.1) is 0 Å². The number of aromatic amines is 1. The average Bonchev–Trinajstić information content (AvgIpc) is 2.71. The van der Waals surface area contributed by atoms with E-state index in [0.717, 1.165) is 6.33 Å². The molecular formula is C7H7N5O2S. The van der Waals surface area contributed by atoms with Crippen LogP contribution in [0.3, 0.4) is 0 Å². The summed E-state index contributed by atoms with van der Waals surface area (Å²) in [7, 11) is -3.71. The molecule has 2 rings (SSSR count). The molecule has 8 heteroatoms. The Bertz CT molecular complexity index is 522. The normalized spacial score (nSPS) is 11.2. The molecular weight excluding hydrogens is 218 g/mol. The van der Waals surface area contributed by atoms with E-state index >= 15 is 0 Å². The van der Waals surface area contributed by atoms with Gasteiger partial charge in [-0.3, -0.25) is 4.72 Å². The summed E-state index contributed by atoms with van der Waals surface area (Å²) in [6.45, 7) is 0. The molecule has 0 aliphatic rings. The van der Waals surface area contributed by atoms with Crippen LogP contribution >= 0.6 is 0 Å². The molecule has 0 spiro atoms. The van der Waals surface area contributed by atoms with Gasteiger partial charge in [0.05, 0.1) is 0 Å². The molecule has 0 bridgehead atoms. The van der Waals surface area contributed by atoms with E-state index in [2.05, 4.69) is 24.9 Å². The Kier molecular flexibility index (Phi) is 2.34. The van der Waals surface area contributed by atoms with Gasteiger partial charge in [-0.05, 0) is 12.1 Å². The van der Waals surface area contributed by atoms with Crippen LogP contribution in [0.2, 0.25) is 0 Å². The lowest BCUT2D eigenvalue weighted by Crippen LogP contribution is -2.15. The van der Waals surface area contributed by atoms with Crippen LogP contribution in [-0.2, 0) is 10.0 Å². The van der Waals surface area contributed by atoms with Crippen molar-refractivity contribution < 1.29 is 8.42 Å². The van der Waals surface area contributed by atoms with Gasteiger partial charge in [0.1, 0.15) is 12.1 Å². The third-order valence-corrected chi connectivity index (χ3v) is 2.73. The first kappa shape index (κ1) is 9.59. The first-order valence-electron chi connectivity index (χ1n) is 3.98. The summed E-state index contributed by atoms with van der Waals surface area (Å²) in [5.74, 6) is 0.230. The van der Waals surface area contributed by atoms with Crippen molar-refractivity contribution in [2.75, 3.05) is 4.72 Å². The summed E-state index contributed by atoms with van der Waals surface area (Å²) < 4.78 is 25.4. The van der Waals surface area contributed by atoms with E-state index in [0.29, 0.717) is 0 Å². The molecule has 15 heavy (non-hydrogen) atoms. The summed E-state index contributed by atoms with van der Waals surface area (Å²) >= 11 is 0. The zero-order valence-corrected chi connectivity index (χ0v) is 8.27. The second kappa shape index (κ2) is 3.65. The molecule has 0 unspecified atom stereocenters. The third kappa shape index (κ3) is 2.10. The fourth-order valence-corrected chi connectivity index (χ4v) is 1.78. The first-order chi connectivity index (χ1) is 7.18. The average molecular weight is 225 g/mol. The zero-order valence-electron chi connectivity index (χ0n) is 7.45. The van der Waals surface area contributed by atoms with Gasteiger partial charge in [0.15, 0.2) is 0 Å². The Balaban J connectivity index is 2.27. The summed E-state index contributed by atoms with van der Waals surface area (Å²) in [5, 5.41) is 5.47. The Morgan fingerprint density at radius 1 is 1.27 bits per heavy atom. The van der Waals surface area contributed by atoms with Crippen LogP contribution in [0.5, 0.6) is 0 Å². The van der Waals surface area contributed by atoms with Crippen molar-refractivity contribution in [1.29, 1.82) is 0 Å². The number of sulfonamides is 1. The van der Waals surface area contributed by atoms with E-state index in [1.54, 1.807) is 12.1 Å². The van der Waals surface area contributed by atoms with Gasteiger partial charge in [-0.2, -0.15) is 13.5 Å². The summed E-state index contributed by atoms with van der Waals surface area (Å²) in [4.78, 5) is 7.36. The van der Waals surface area contributed by atoms with Crippen molar-refractivity contribution in [2.24, 2.45) is 0 Å². The van der Waals surface area contributed by atoms with Crippen molar-refractivity contribution in [1.82, 2.24) is 20.2 Å². The highest BCUT2D eigenvalue weighted by molar-refractivity contribution is 7.92. The highest BCUT2D eigenvalue weighted by Crippen LogP contribution is 2.07. The fraction of sp³-hybridized carbons (Fsp3) is 0. The lowest BCUT2D eigenvalue weighted by atomic mass is 10.5. The molecule has 0 aliphatic carbocycles. The minimum absolute atomic E-state index is 0.230. The summed E-state index contributed by atoms with van der Waals surface area (Å²) in [6, 6.07) is 4.89. The largest absolute Gasteiger partial charge is 0.298 e. The monoisotopic (exact) mass is 225 g/mol. The third-order valence-electron chi connectivity index (χ3n) is 1.55. The molecule has 0 aliphatic heterocycles. The second-order valence-electron chi connectivity index (χ2n) is 2.61. The molecule has 2 aromatic rings. The molecule has 2 aromatic heterocycles. The Labute approximate surface area is 85.6 Å². The van der Waals surface area contributed by atoms with Gasteiger partial charge in [0.2, 0.25) is 0 Å². The molecule has 0 radical (unpaired) electrons. The highest BCUT2D eigenvalue weighted by atomic mass is 32.2. The van der Waals surface area contributed by atoms with E-state index in [9.17, 15) is 8.42 Å². The van der Waals surface area contributed by atoms with Crippen LogP contribution in [0.1, 0.15) is 0 Å². The van der Waals surface area contributed by atoms with E-state index in [-0.39, 0.29) is 11.0 Å². The lowest BCUT2D eigenvalue weighted by molar-refractivity contribution is 0.593. The maximum absolute atomic E-state index is 11.6. The maximum Gasteiger partial charge on any atom is 0.298 e. The number of aromatic nitrogens is 4. The van der Waals surface area contributed by atoms with Crippen molar-refractivity contribution in [3.63, 3.8) is 0 Å². The minimum atomic E-state index is -3.71. The lowest BCUT2D eigenvalue weighted by Gasteiger charge is -2.02. The number of anilines is 1. The van der Waals surface area contributed by atoms with Crippen molar-refractivity contribution >= 4 is 15.8 Å². The van der Waals surface area contributed by atoms with Gasteiger partial charge in [-0.1, -0.05) is 6.07 Å². The molecule has 0 fully saturated rings. The van der Waals surface area contributed by atoms with Crippen LogP contribution in [-0.4, -0.2) is 28.6 Å². The van der Waals surface area contributed by atoms with Gasteiger partial charge in [0.25, 0.3) is 15.2 Å². The van der Waals surface area contributed by atoms with Crippen LogP contribution in [0, 0.1) is 0 Å². The van der Waals surface area contributed by atoms with Crippen LogP contribution in [0.4, 0.5) is 5.82 Å². The Hall–Kier alpha value is -1.96. The van der Waals surface area contributed by atoms with Crippen LogP contribution < -0.4 is 4.72 Å². The molecule has 0 saturated heterocycles. The van der Waals surface area contributed by atoms with Gasteiger partial charge in [0, 0.05) is 6.20 Å². The smallest absolute Gasteiger partial charge is 0.261 e. The Morgan fingerprint density at radius 3 is 2.73 bits per heavy atom. The predicted molar refractivity (Wildman–Crippen MR) is 51.4 cm³/mol. The zero-order chi connectivity index (χ0) is 10.7. The van der Waals surface area contributed by atoms with Gasteiger partial charge >= 0.3 is 0 Å². The molecule has 2 N–H and O–H groups in total. The number of pyridine rings is 1. The SMILES string of the molecule is O=S(=O)(Nc1ccccn1)c1ncn[nH]1. The number of nitrogens with one attached hydrogen (secondary N) is 2.